The van der Waals surface area contributed by atoms with Crippen LogP contribution in [0.3, 0.4) is 0 Å². The number of aromatic nitrogens is 1. The fourth-order valence-electron chi connectivity index (χ4n) is 2.88. The number of methoxy groups -OCH3 is 2. The summed E-state index contributed by atoms with van der Waals surface area (Å²) >= 11 is 1.29. The van der Waals surface area contributed by atoms with E-state index in [9.17, 15) is 14.4 Å². The molecule has 9 nitrogen and oxygen atoms in total. The maximum absolute atomic E-state index is 12.5. The quantitative estimate of drug-likeness (QED) is 0.719. The molecule has 0 spiro atoms. The molecule has 28 heavy (non-hydrogen) atoms. The van der Waals surface area contributed by atoms with Gasteiger partial charge in [-0.2, -0.15) is 0 Å². The molecular formula is C18H20N4O5S. The summed E-state index contributed by atoms with van der Waals surface area (Å²) in [5, 5.41) is 7.36. The number of amides is 3. The Morgan fingerprint density at radius 1 is 1.32 bits per heavy atom. The van der Waals surface area contributed by atoms with E-state index in [0.717, 1.165) is 0 Å². The standard InChI is InChI=1S/C18H20N4O5S/c1-26-12-3-4-14(27-2)13(8-12)22-10-11(7-16(22)24)17(25)20-9-15(23)21-18-19-5-6-28-18/h3-6,8,11H,7,9-10H2,1-2H3,(H,20,25)(H,19,21,23)/t11-/m0/s1. The number of nitrogens with zero attached hydrogens (tertiary/aromatic N) is 2. The lowest BCUT2D eigenvalue weighted by Crippen LogP contribution is -2.37. The maximum Gasteiger partial charge on any atom is 0.245 e. The Morgan fingerprint density at radius 2 is 2.14 bits per heavy atom. The van der Waals surface area contributed by atoms with Crippen LogP contribution in [0.1, 0.15) is 6.42 Å². The van der Waals surface area contributed by atoms with Crippen LogP contribution >= 0.6 is 11.3 Å². The third kappa shape index (κ3) is 4.39. The molecule has 0 radical (unpaired) electrons. The number of hydrogen-bond donors (Lipinski definition) is 2. The van der Waals surface area contributed by atoms with Crippen molar-refractivity contribution in [2.75, 3.05) is 37.5 Å². The molecule has 0 saturated carbocycles. The summed E-state index contributed by atoms with van der Waals surface area (Å²) in [4.78, 5) is 42.2. The molecule has 1 atom stereocenters. The van der Waals surface area contributed by atoms with Crippen LogP contribution in [0.25, 0.3) is 0 Å². The van der Waals surface area contributed by atoms with Gasteiger partial charge in [-0.1, -0.05) is 0 Å². The van der Waals surface area contributed by atoms with Crippen LogP contribution in [0.5, 0.6) is 11.5 Å². The minimum atomic E-state index is -0.559. The smallest absolute Gasteiger partial charge is 0.245 e. The third-order valence-corrected chi connectivity index (χ3v) is 4.96. The molecular weight excluding hydrogens is 384 g/mol. The number of carbonyl (C=O) groups is 3. The largest absolute Gasteiger partial charge is 0.497 e. The van der Waals surface area contributed by atoms with E-state index < -0.39 is 5.92 Å². The van der Waals surface area contributed by atoms with Gasteiger partial charge in [0, 0.05) is 30.6 Å². The molecule has 2 N–H and O–H groups in total. The molecule has 1 aliphatic heterocycles. The van der Waals surface area contributed by atoms with Gasteiger partial charge in [-0.05, 0) is 12.1 Å². The van der Waals surface area contributed by atoms with Crippen molar-refractivity contribution in [2.24, 2.45) is 5.92 Å². The minimum Gasteiger partial charge on any atom is -0.497 e. The number of carbonyl (C=O) groups excluding carboxylic acids is 3. The molecule has 1 fully saturated rings. The first-order chi connectivity index (χ1) is 13.5. The molecule has 1 saturated heterocycles. The molecule has 1 aliphatic rings. The topological polar surface area (TPSA) is 110 Å². The van der Waals surface area contributed by atoms with E-state index in [4.69, 9.17) is 9.47 Å². The molecule has 10 heteroatoms. The lowest BCUT2D eigenvalue weighted by atomic mass is 10.1. The van der Waals surface area contributed by atoms with Crippen molar-refractivity contribution in [1.29, 1.82) is 0 Å². The number of thiazole rings is 1. The molecule has 0 unspecified atom stereocenters. The minimum absolute atomic E-state index is 0.0558. The number of nitrogens with one attached hydrogen (secondary N) is 2. The first-order valence-corrected chi connectivity index (χ1v) is 9.39. The van der Waals surface area contributed by atoms with Gasteiger partial charge < -0.3 is 25.0 Å². The second-order valence-electron chi connectivity index (χ2n) is 6.05. The summed E-state index contributed by atoms with van der Waals surface area (Å²) in [6.07, 6.45) is 1.63. The second-order valence-corrected chi connectivity index (χ2v) is 6.94. The first-order valence-electron chi connectivity index (χ1n) is 8.51. The molecule has 2 heterocycles. The zero-order chi connectivity index (χ0) is 20.1. The van der Waals surface area contributed by atoms with Crippen LogP contribution < -0.4 is 25.0 Å². The van der Waals surface area contributed by atoms with Crippen LogP contribution in [-0.2, 0) is 14.4 Å². The molecule has 1 aromatic heterocycles. The summed E-state index contributed by atoms with van der Waals surface area (Å²) in [6.45, 7) is 0.00782. The molecule has 148 valence electrons. The molecule has 3 rings (SSSR count). The fraction of sp³-hybridized carbons (Fsp3) is 0.333. The predicted molar refractivity (Wildman–Crippen MR) is 104 cm³/mol. The summed E-state index contributed by atoms with van der Waals surface area (Å²) in [5.41, 5.74) is 0.545. The van der Waals surface area contributed by atoms with Crippen molar-refractivity contribution in [3.63, 3.8) is 0 Å². The Bertz CT molecular complexity index is 871. The van der Waals surface area contributed by atoms with E-state index in [2.05, 4.69) is 15.6 Å². The highest BCUT2D eigenvalue weighted by molar-refractivity contribution is 7.13. The number of hydrogen-bond acceptors (Lipinski definition) is 7. The molecule has 0 bridgehead atoms. The molecule has 0 aliphatic carbocycles. The van der Waals surface area contributed by atoms with Gasteiger partial charge in [-0.25, -0.2) is 4.98 Å². The number of rotatable bonds is 7. The zero-order valence-electron chi connectivity index (χ0n) is 15.4. The highest BCUT2D eigenvalue weighted by Gasteiger charge is 2.36. The van der Waals surface area contributed by atoms with Crippen molar-refractivity contribution in [2.45, 2.75) is 6.42 Å². The van der Waals surface area contributed by atoms with Crippen LogP contribution in [0.2, 0.25) is 0 Å². The van der Waals surface area contributed by atoms with Crippen molar-refractivity contribution < 1.29 is 23.9 Å². The van der Waals surface area contributed by atoms with Gasteiger partial charge in [0.25, 0.3) is 0 Å². The van der Waals surface area contributed by atoms with Crippen molar-refractivity contribution in [3.05, 3.63) is 29.8 Å². The summed E-state index contributed by atoms with van der Waals surface area (Å²) in [6, 6.07) is 5.13. The van der Waals surface area contributed by atoms with E-state index >= 15 is 0 Å². The monoisotopic (exact) mass is 404 g/mol. The number of benzene rings is 1. The van der Waals surface area contributed by atoms with Crippen LogP contribution in [0.4, 0.5) is 10.8 Å². The van der Waals surface area contributed by atoms with E-state index in [1.54, 1.807) is 29.8 Å². The van der Waals surface area contributed by atoms with Crippen LogP contribution in [-0.4, -0.2) is 50.0 Å². The van der Waals surface area contributed by atoms with Crippen LogP contribution in [0, 0.1) is 5.92 Å². The summed E-state index contributed by atoms with van der Waals surface area (Å²) in [5.74, 6) is -0.394. The van der Waals surface area contributed by atoms with E-state index in [1.165, 1.54) is 30.5 Å². The summed E-state index contributed by atoms with van der Waals surface area (Å²) < 4.78 is 10.5. The molecule has 3 amide bonds. The number of anilines is 2. The van der Waals surface area contributed by atoms with Crippen molar-refractivity contribution in [1.82, 2.24) is 10.3 Å². The first kappa shape index (κ1) is 19.6. The zero-order valence-corrected chi connectivity index (χ0v) is 16.2. The van der Waals surface area contributed by atoms with E-state index in [0.29, 0.717) is 22.3 Å². The predicted octanol–water partition coefficient (Wildman–Crippen LogP) is 1.27. The molecule has 1 aromatic carbocycles. The van der Waals surface area contributed by atoms with Crippen LogP contribution in [0.15, 0.2) is 29.8 Å². The van der Waals surface area contributed by atoms with Gasteiger partial charge in [0.1, 0.15) is 11.5 Å². The van der Waals surface area contributed by atoms with Crippen molar-refractivity contribution >= 4 is 39.9 Å². The van der Waals surface area contributed by atoms with E-state index in [1.807, 2.05) is 0 Å². The molecule has 2 aromatic rings. The van der Waals surface area contributed by atoms with Gasteiger partial charge in [0.05, 0.1) is 32.4 Å². The average Bonchev–Trinajstić information content (AvgIpc) is 3.35. The van der Waals surface area contributed by atoms with E-state index in [-0.39, 0.29) is 37.2 Å². The highest BCUT2D eigenvalue weighted by atomic mass is 32.1. The Balaban J connectivity index is 1.61. The lowest BCUT2D eigenvalue weighted by Gasteiger charge is -2.20. The van der Waals surface area contributed by atoms with Gasteiger partial charge in [-0.15, -0.1) is 11.3 Å². The average molecular weight is 404 g/mol. The number of ether oxygens (including phenoxy) is 2. The second kappa shape index (κ2) is 8.70. The maximum atomic E-state index is 12.5. The van der Waals surface area contributed by atoms with Gasteiger partial charge in [0.15, 0.2) is 5.13 Å². The Kier molecular flexibility index (Phi) is 6.09. The van der Waals surface area contributed by atoms with Crippen molar-refractivity contribution in [3.8, 4) is 11.5 Å². The normalized spacial score (nSPS) is 16.0. The SMILES string of the molecule is COc1ccc(OC)c(N2C[C@@H](C(=O)NCC(=O)Nc3nccs3)CC2=O)c1. The third-order valence-electron chi connectivity index (χ3n) is 4.27. The summed E-state index contributed by atoms with van der Waals surface area (Å²) in [7, 11) is 3.04. The van der Waals surface area contributed by atoms with Gasteiger partial charge in [-0.3, -0.25) is 14.4 Å². The Morgan fingerprint density at radius 3 is 2.82 bits per heavy atom. The highest BCUT2D eigenvalue weighted by Crippen LogP contribution is 2.36. The lowest BCUT2D eigenvalue weighted by molar-refractivity contribution is -0.127. The van der Waals surface area contributed by atoms with Gasteiger partial charge in [0.2, 0.25) is 17.7 Å². The Labute approximate surface area is 165 Å². The Hall–Kier alpha value is -3.14. The fourth-order valence-corrected chi connectivity index (χ4v) is 3.43. The van der Waals surface area contributed by atoms with Gasteiger partial charge >= 0.3 is 0 Å².